The number of carboxylic acids is 1. The molecule has 2 saturated heterocycles. The summed E-state index contributed by atoms with van der Waals surface area (Å²) in [5, 5.41) is 9.47. The lowest BCUT2D eigenvalue weighted by molar-refractivity contribution is -0.157. The van der Waals surface area contributed by atoms with Crippen LogP contribution in [-0.2, 0) is 14.4 Å². The maximum atomic E-state index is 12.8. The number of para-hydroxylation sites is 1. The van der Waals surface area contributed by atoms with E-state index in [9.17, 15) is 19.5 Å². The maximum absolute atomic E-state index is 12.8. The normalized spacial score (nSPS) is 26.9. The van der Waals surface area contributed by atoms with Gasteiger partial charge in [0.05, 0.1) is 5.69 Å². The number of aliphatic carboxylic acids is 1. The molecule has 2 heterocycles. The van der Waals surface area contributed by atoms with Crippen LogP contribution in [0.4, 0.5) is 5.69 Å². The average Bonchev–Trinajstić information content (AvgIpc) is 3.12. The number of carbonyl (C=O) groups excluding carboxylic acids is 2. The number of anilines is 1. The van der Waals surface area contributed by atoms with Crippen molar-refractivity contribution >= 4 is 39.4 Å². The Balaban J connectivity index is 1.82. The molecule has 1 aromatic rings. The summed E-state index contributed by atoms with van der Waals surface area (Å²) >= 11 is 3.43. The fourth-order valence-electron chi connectivity index (χ4n) is 3.55. The number of likely N-dealkylation sites (tertiary alicyclic amines) is 1. The SMILES string of the molecule is CC1(C(=O)O)CCCN1C(=O)C1CCN(c2ccccc2Br)C1=O. The first-order chi connectivity index (χ1) is 11.4. The summed E-state index contributed by atoms with van der Waals surface area (Å²) in [6.07, 6.45) is 1.47. The number of amides is 2. The highest BCUT2D eigenvalue weighted by Crippen LogP contribution is 2.35. The quantitative estimate of drug-likeness (QED) is 0.797. The lowest BCUT2D eigenvalue weighted by Crippen LogP contribution is -2.53. The molecule has 2 aliphatic rings. The third-order valence-corrected chi connectivity index (χ3v) is 5.69. The summed E-state index contributed by atoms with van der Waals surface area (Å²) in [7, 11) is 0. The second kappa shape index (κ2) is 6.20. The molecular weight excluding hydrogens is 376 g/mol. The Hall–Kier alpha value is -1.89. The number of carboxylic acid groups (broad SMARTS) is 1. The maximum Gasteiger partial charge on any atom is 0.329 e. The van der Waals surface area contributed by atoms with Gasteiger partial charge in [-0.05, 0) is 54.2 Å². The lowest BCUT2D eigenvalue weighted by Gasteiger charge is -2.32. The molecule has 0 aliphatic carbocycles. The van der Waals surface area contributed by atoms with Crippen LogP contribution in [0.5, 0.6) is 0 Å². The molecule has 7 heteroatoms. The molecule has 0 radical (unpaired) electrons. The number of benzene rings is 1. The molecular formula is C17H19BrN2O4. The van der Waals surface area contributed by atoms with Gasteiger partial charge in [-0.15, -0.1) is 0 Å². The van der Waals surface area contributed by atoms with Crippen LogP contribution >= 0.6 is 15.9 Å². The highest BCUT2D eigenvalue weighted by molar-refractivity contribution is 9.10. The summed E-state index contributed by atoms with van der Waals surface area (Å²) in [4.78, 5) is 40.1. The minimum Gasteiger partial charge on any atom is -0.480 e. The molecule has 0 saturated carbocycles. The van der Waals surface area contributed by atoms with Gasteiger partial charge in [0.15, 0.2) is 0 Å². The largest absolute Gasteiger partial charge is 0.480 e. The van der Waals surface area contributed by atoms with Crippen LogP contribution < -0.4 is 4.90 Å². The average molecular weight is 395 g/mol. The Morgan fingerprint density at radius 1 is 1.29 bits per heavy atom. The third kappa shape index (κ3) is 2.60. The molecule has 2 aliphatic heterocycles. The third-order valence-electron chi connectivity index (χ3n) is 5.01. The monoisotopic (exact) mass is 394 g/mol. The number of nitrogens with zero attached hydrogens (tertiary/aromatic N) is 2. The Bertz CT molecular complexity index is 708. The number of rotatable bonds is 3. The molecule has 3 rings (SSSR count). The van der Waals surface area contributed by atoms with Crippen molar-refractivity contribution in [2.24, 2.45) is 5.92 Å². The minimum absolute atomic E-state index is 0.258. The number of halogens is 1. The van der Waals surface area contributed by atoms with Gasteiger partial charge in [-0.25, -0.2) is 4.79 Å². The molecule has 2 atom stereocenters. The van der Waals surface area contributed by atoms with Gasteiger partial charge >= 0.3 is 5.97 Å². The molecule has 2 amide bonds. The molecule has 0 spiro atoms. The predicted molar refractivity (Wildman–Crippen MR) is 91.6 cm³/mol. The van der Waals surface area contributed by atoms with E-state index in [1.807, 2.05) is 24.3 Å². The zero-order valence-corrected chi connectivity index (χ0v) is 15.0. The van der Waals surface area contributed by atoms with E-state index in [1.165, 1.54) is 4.90 Å². The van der Waals surface area contributed by atoms with Crippen LogP contribution in [0, 0.1) is 5.92 Å². The molecule has 2 fully saturated rings. The lowest BCUT2D eigenvalue weighted by atomic mass is 9.97. The number of hydrogen-bond donors (Lipinski definition) is 1. The van der Waals surface area contributed by atoms with E-state index in [1.54, 1.807) is 11.8 Å². The van der Waals surface area contributed by atoms with Gasteiger partial charge in [-0.1, -0.05) is 12.1 Å². The summed E-state index contributed by atoms with van der Waals surface area (Å²) < 4.78 is 0.794. The van der Waals surface area contributed by atoms with Crippen LogP contribution in [0.15, 0.2) is 28.7 Å². The van der Waals surface area contributed by atoms with E-state index in [2.05, 4.69) is 15.9 Å². The van der Waals surface area contributed by atoms with E-state index in [4.69, 9.17) is 0 Å². The van der Waals surface area contributed by atoms with Gasteiger partial charge in [0.25, 0.3) is 0 Å². The first kappa shape index (κ1) is 17.0. The van der Waals surface area contributed by atoms with Crippen molar-refractivity contribution in [3.8, 4) is 0 Å². The first-order valence-electron chi connectivity index (χ1n) is 7.97. The fourth-order valence-corrected chi connectivity index (χ4v) is 4.04. The van der Waals surface area contributed by atoms with E-state index in [0.29, 0.717) is 32.4 Å². The highest BCUT2D eigenvalue weighted by atomic mass is 79.9. The van der Waals surface area contributed by atoms with Crippen LogP contribution in [0.3, 0.4) is 0 Å². The highest BCUT2D eigenvalue weighted by Gasteiger charge is 2.50. The Morgan fingerprint density at radius 2 is 2.00 bits per heavy atom. The molecule has 0 bridgehead atoms. The summed E-state index contributed by atoms with van der Waals surface area (Å²) in [6.45, 7) is 2.40. The zero-order chi connectivity index (χ0) is 17.5. The first-order valence-corrected chi connectivity index (χ1v) is 8.76. The molecule has 2 unspecified atom stereocenters. The van der Waals surface area contributed by atoms with E-state index in [0.717, 1.165) is 10.2 Å². The Labute approximate surface area is 148 Å². The molecule has 128 valence electrons. The van der Waals surface area contributed by atoms with Crippen molar-refractivity contribution in [1.82, 2.24) is 4.90 Å². The Morgan fingerprint density at radius 3 is 2.67 bits per heavy atom. The van der Waals surface area contributed by atoms with Gasteiger partial charge in [-0.2, -0.15) is 0 Å². The van der Waals surface area contributed by atoms with Crippen LogP contribution in [0.25, 0.3) is 0 Å². The molecule has 1 aromatic carbocycles. The minimum atomic E-state index is -1.21. The zero-order valence-electron chi connectivity index (χ0n) is 13.4. The summed E-state index contributed by atoms with van der Waals surface area (Å²) in [5.74, 6) is -2.43. The van der Waals surface area contributed by atoms with Crippen molar-refractivity contribution in [1.29, 1.82) is 0 Å². The number of hydrogen-bond acceptors (Lipinski definition) is 3. The second-order valence-corrected chi connectivity index (χ2v) is 7.31. The van der Waals surface area contributed by atoms with Gasteiger partial charge in [0, 0.05) is 17.6 Å². The van der Waals surface area contributed by atoms with Crippen molar-refractivity contribution in [2.75, 3.05) is 18.0 Å². The Kier molecular flexibility index (Phi) is 4.38. The van der Waals surface area contributed by atoms with Gasteiger partial charge in [0.1, 0.15) is 11.5 Å². The summed E-state index contributed by atoms with van der Waals surface area (Å²) in [6, 6.07) is 7.37. The van der Waals surface area contributed by atoms with Crippen molar-refractivity contribution < 1.29 is 19.5 Å². The molecule has 24 heavy (non-hydrogen) atoms. The van der Waals surface area contributed by atoms with Crippen molar-refractivity contribution in [3.05, 3.63) is 28.7 Å². The topological polar surface area (TPSA) is 77.9 Å². The standard InChI is InChI=1S/C17H19BrN2O4/c1-17(16(23)24)8-4-9-20(17)15(22)11-7-10-19(14(11)21)13-6-3-2-5-12(13)18/h2-3,5-6,11H,4,7-10H2,1H3,(H,23,24). The van der Waals surface area contributed by atoms with E-state index in [-0.39, 0.29) is 11.8 Å². The second-order valence-electron chi connectivity index (χ2n) is 6.45. The van der Waals surface area contributed by atoms with Crippen LogP contribution in [0.1, 0.15) is 26.2 Å². The van der Waals surface area contributed by atoms with Crippen LogP contribution in [-0.4, -0.2) is 46.4 Å². The van der Waals surface area contributed by atoms with E-state index >= 15 is 0 Å². The summed E-state index contributed by atoms with van der Waals surface area (Å²) in [5.41, 5.74) is -0.474. The van der Waals surface area contributed by atoms with Gasteiger partial charge < -0.3 is 14.9 Å². The van der Waals surface area contributed by atoms with Gasteiger partial charge in [-0.3, -0.25) is 9.59 Å². The van der Waals surface area contributed by atoms with Crippen LogP contribution in [0.2, 0.25) is 0 Å². The van der Waals surface area contributed by atoms with Crippen molar-refractivity contribution in [3.63, 3.8) is 0 Å². The fraction of sp³-hybridized carbons (Fsp3) is 0.471. The number of carbonyl (C=O) groups is 3. The molecule has 1 N–H and O–H groups in total. The predicted octanol–water partition coefficient (Wildman–Crippen LogP) is 2.27. The molecule has 6 nitrogen and oxygen atoms in total. The van der Waals surface area contributed by atoms with Gasteiger partial charge in [0.2, 0.25) is 11.8 Å². The van der Waals surface area contributed by atoms with E-state index < -0.39 is 17.4 Å². The smallest absolute Gasteiger partial charge is 0.329 e. The van der Waals surface area contributed by atoms with Crippen molar-refractivity contribution in [2.45, 2.75) is 31.7 Å². The molecule has 0 aromatic heterocycles.